The third-order valence-corrected chi connectivity index (χ3v) is 5.79. The molecule has 1 aromatic rings. The number of anilines is 2. The van der Waals surface area contributed by atoms with Gasteiger partial charge in [0.2, 0.25) is 11.8 Å². The lowest BCUT2D eigenvalue weighted by molar-refractivity contribution is -0.135. The second-order valence-electron chi connectivity index (χ2n) is 7.87. The van der Waals surface area contributed by atoms with E-state index in [1.165, 1.54) is 7.11 Å². The number of hydrogen-bond acceptors (Lipinski definition) is 5. The van der Waals surface area contributed by atoms with E-state index in [0.717, 1.165) is 24.2 Å². The van der Waals surface area contributed by atoms with Gasteiger partial charge in [0.05, 0.1) is 0 Å². The van der Waals surface area contributed by atoms with Crippen molar-refractivity contribution in [2.24, 2.45) is 5.92 Å². The molecule has 0 unspecified atom stereocenters. The Morgan fingerprint density at radius 2 is 1.80 bits per heavy atom. The number of urea groups is 1. The highest BCUT2D eigenvalue weighted by molar-refractivity contribution is 6.10. The van der Waals surface area contributed by atoms with Crippen LogP contribution in [0.3, 0.4) is 0 Å². The van der Waals surface area contributed by atoms with Crippen molar-refractivity contribution in [1.82, 2.24) is 10.2 Å². The van der Waals surface area contributed by atoms with Crippen molar-refractivity contribution < 1.29 is 23.9 Å². The van der Waals surface area contributed by atoms with Crippen molar-refractivity contribution in [3.63, 3.8) is 0 Å². The van der Waals surface area contributed by atoms with Gasteiger partial charge in [-0.2, -0.15) is 0 Å². The number of rotatable bonds is 7. The molecule has 3 rings (SSSR count). The van der Waals surface area contributed by atoms with Crippen LogP contribution in [0.5, 0.6) is 0 Å². The highest BCUT2D eigenvalue weighted by Crippen LogP contribution is 2.37. The number of hydrogen-bond donors (Lipinski definition) is 3. The first kappa shape index (κ1) is 21.8. The number of benzene rings is 1. The average molecular weight is 416 g/mol. The van der Waals surface area contributed by atoms with Crippen LogP contribution in [0.2, 0.25) is 0 Å². The van der Waals surface area contributed by atoms with Gasteiger partial charge in [-0.1, -0.05) is 19.4 Å². The summed E-state index contributed by atoms with van der Waals surface area (Å²) >= 11 is 0. The van der Waals surface area contributed by atoms with Crippen LogP contribution < -0.4 is 16.0 Å². The Balaban J connectivity index is 1.59. The number of carbonyl (C=O) groups excluding carboxylic acids is 4. The standard InChI is InChI=1S/C21H28N4O5/c1-3-14-7-9-21(10-8-14)19(28)25(20(29)24-21)12-17(26)22-15-5-4-6-16(11-15)23-18(27)13-30-2/h4-6,11,14H,3,7-10,12-13H2,1-2H3,(H,22,26)(H,23,27)(H,24,29). The van der Waals surface area contributed by atoms with E-state index in [-0.39, 0.29) is 25.0 Å². The molecule has 9 heteroatoms. The Kier molecular flexibility index (Phi) is 6.71. The fourth-order valence-electron chi connectivity index (χ4n) is 4.08. The van der Waals surface area contributed by atoms with Crippen LogP contribution in [0.1, 0.15) is 39.0 Å². The lowest BCUT2D eigenvalue weighted by Gasteiger charge is -2.34. The first-order valence-electron chi connectivity index (χ1n) is 10.2. The van der Waals surface area contributed by atoms with Crippen molar-refractivity contribution in [1.29, 1.82) is 0 Å². The van der Waals surface area contributed by atoms with E-state index in [9.17, 15) is 19.2 Å². The third-order valence-electron chi connectivity index (χ3n) is 5.79. The maximum Gasteiger partial charge on any atom is 0.325 e. The second-order valence-corrected chi connectivity index (χ2v) is 7.87. The van der Waals surface area contributed by atoms with Crippen LogP contribution >= 0.6 is 0 Å². The Morgan fingerprint density at radius 1 is 1.17 bits per heavy atom. The summed E-state index contributed by atoms with van der Waals surface area (Å²) in [6.07, 6.45) is 4.07. The van der Waals surface area contributed by atoms with Gasteiger partial charge in [-0.25, -0.2) is 4.79 Å². The van der Waals surface area contributed by atoms with Crippen LogP contribution in [0, 0.1) is 5.92 Å². The minimum Gasteiger partial charge on any atom is -0.375 e. The maximum atomic E-state index is 12.9. The van der Waals surface area contributed by atoms with E-state index >= 15 is 0 Å². The van der Waals surface area contributed by atoms with Gasteiger partial charge in [-0.15, -0.1) is 0 Å². The number of nitrogens with zero attached hydrogens (tertiary/aromatic N) is 1. The summed E-state index contributed by atoms with van der Waals surface area (Å²) in [6.45, 7) is 1.69. The summed E-state index contributed by atoms with van der Waals surface area (Å²) in [7, 11) is 1.42. The van der Waals surface area contributed by atoms with Gasteiger partial charge in [0.25, 0.3) is 5.91 Å². The molecule has 1 saturated carbocycles. The van der Waals surface area contributed by atoms with Crippen LogP contribution in [-0.4, -0.2) is 54.5 Å². The second kappa shape index (κ2) is 9.25. The Morgan fingerprint density at radius 3 is 2.40 bits per heavy atom. The maximum absolute atomic E-state index is 12.9. The molecule has 1 saturated heterocycles. The Labute approximate surface area is 175 Å². The summed E-state index contributed by atoms with van der Waals surface area (Å²) in [5.74, 6) is -0.548. The molecule has 162 valence electrons. The molecular weight excluding hydrogens is 388 g/mol. The zero-order valence-corrected chi connectivity index (χ0v) is 17.3. The minimum atomic E-state index is -0.866. The quantitative estimate of drug-likeness (QED) is 0.589. The molecule has 2 fully saturated rings. The van der Waals surface area contributed by atoms with E-state index in [2.05, 4.69) is 22.9 Å². The molecule has 1 aromatic carbocycles. The molecule has 1 aliphatic carbocycles. The topological polar surface area (TPSA) is 117 Å². The van der Waals surface area contributed by atoms with Gasteiger partial charge in [-0.05, 0) is 49.8 Å². The summed E-state index contributed by atoms with van der Waals surface area (Å²) in [5, 5.41) is 8.14. The normalized spacial score (nSPS) is 23.4. The SMILES string of the molecule is CCC1CCC2(CC1)NC(=O)N(CC(=O)Nc1cccc(NC(=O)COC)c1)C2=O. The largest absolute Gasteiger partial charge is 0.375 e. The molecule has 0 aromatic heterocycles. The van der Waals surface area contributed by atoms with E-state index < -0.39 is 17.5 Å². The van der Waals surface area contributed by atoms with E-state index in [4.69, 9.17) is 4.74 Å². The molecule has 1 spiro atoms. The summed E-state index contributed by atoms with van der Waals surface area (Å²) in [4.78, 5) is 50.4. The van der Waals surface area contributed by atoms with Crippen LogP contribution in [0.15, 0.2) is 24.3 Å². The van der Waals surface area contributed by atoms with Crippen molar-refractivity contribution in [2.75, 3.05) is 30.9 Å². The van der Waals surface area contributed by atoms with E-state index in [0.29, 0.717) is 30.1 Å². The van der Waals surface area contributed by atoms with Crippen LogP contribution in [0.4, 0.5) is 16.2 Å². The van der Waals surface area contributed by atoms with Crippen molar-refractivity contribution in [3.8, 4) is 0 Å². The predicted molar refractivity (Wildman–Crippen MR) is 111 cm³/mol. The fraction of sp³-hybridized carbons (Fsp3) is 0.524. The molecule has 1 aliphatic heterocycles. The number of imide groups is 1. The van der Waals surface area contributed by atoms with Gasteiger partial charge in [0.15, 0.2) is 0 Å². The van der Waals surface area contributed by atoms with Crippen molar-refractivity contribution in [2.45, 2.75) is 44.6 Å². The van der Waals surface area contributed by atoms with Crippen LogP contribution in [0.25, 0.3) is 0 Å². The van der Waals surface area contributed by atoms with Gasteiger partial charge in [0, 0.05) is 18.5 Å². The first-order chi connectivity index (χ1) is 14.4. The monoisotopic (exact) mass is 416 g/mol. The molecule has 3 N–H and O–H groups in total. The number of nitrogens with one attached hydrogen (secondary N) is 3. The first-order valence-corrected chi connectivity index (χ1v) is 10.2. The smallest absolute Gasteiger partial charge is 0.325 e. The zero-order chi connectivity index (χ0) is 21.7. The summed E-state index contributed by atoms with van der Waals surface area (Å²) < 4.78 is 4.77. The number of methoxy groups -OCH3 is 1. The molecular formula is C21H28N4O5. The van der Waals surface area contributed by atoms with Gasteiger partial charge < -0.3 is 20.7 Å². The van der Waals surface area contributed by atoms with Crippen molar-refractivity contribution >= 4 is 35.1 Å². The predicted octanol–water partition coefficient (Wildman–Crippen LogP) is 2.10. The average Bonchev–Trinajstić information content (AvgIpc) is 2.93. The molecule has 5 amide bonds. The van der Waals surface area contributed by atoms with Gasteiger partial charge in [0.1, 0.15) is 18.7 Å². The lowest BCUT2D eigenvalue weighted by Crippen LogP contribution is -2.49. The van der Waals surface area contributed by atoms with Crippen LogP contribution in [-0.2, 0) is 19.1 Å². The number of amides is 5. The van der Waals surface area contributed by atoms with E-state index in [1.807, 2.05) is 0 Å². The summed E-state index contributed by atoms with van der Waals surface area (Å²) in [5.41, 5.74) is 0.0751. The lowest BCUT2D eigenvalue weighted by atomic mass is 9.75. The number of carbonyl (C=O) groups is 4. The molecule has 30 heavy (non-hydrogen) atoms. The molecule has 9 nitrogen and oxygen atoms in total. The third kappa shape index (κ3) is 4.79. The van der Waals surface area contributed by atoms with Gasteiger partial charge in [-0.3, -0.25) is 19.3 Å². The Hall–Kier alpha value is -2.94. The molecule has 0 radical (unpaired) electrons. The fourth-order valence-corrected chi connectivity index (χ4v) is 4.08. The molecule has 2 aliphatic rings. The molecule has 0 atom stereocenters. The van der Waals surface area contributed by atoms with E-state index in [1.54, 1.807) is 24.3 Å². The highest BCUT2D eigenvalue weighted by atomic mass is 16.5. The molecule has 0 bridgehead atoms. The minimum absolute atomic E-state index is 0.0798. The van der Waals surface area contributed by atoms with Gasteiger partial charge >= 0.3 is 6.03 Å². The summed E-state index contributed by atoms with van der Waals surface area (Å²) in [6, 6.07) is 6.07. The molecule has 1 heterocycles. The highest BCUT2D eigenvalue weighted by Gasteiger charge is 2.52. The zero-order valence-electron chi connectivity index (χ0n) is 17.3. The van der Waals surface area contributed by atoms with Crippen molar-refractivity contribution in [3.05, 3.63) is 24.3 Å². The Bertz CT molecular complexity index is 832. The number of ether oxygens (including phenoxy) is 1.